The standard InChI is InChI=1S/C21H25NO4/c1-6-25-21(24)18-8-7-9-19(15(18)4)22-20(23)16(5)26-17-11-10-13(2)14(3)12-17/h7-12,16H,6H2,1-5H3,(H,22,23)/t16-/m0/s1. The van der Waals surface area contributed by atoms with Crippen LogP contribution in [0.4, 0.5) is 5.69 Å². The van der Waals surface area contributed by atoms with E-state index in [-0.39, 0.29) is 5.91 Å². The van der Waals surface area contributed by atoms with Crippen LogP contribution < -0.4 is 10.1 Å². The maximum atomic E-state index is 12.5. The number of carbonyl (C=O) groups excluding carboxylic acids is 2. The smallest absolute Gasteiger partial charge is 0.338 e. The molecule has 0 spiro atoms. The quantitative estimate of drug-likeness (QED) is 0.789. The van der Waals surface area contributed by atoms with Crippen molar-refractivity contribution < 1.29 is 19.1 Å². The number of rotatable bonds is 6. The summed E-state index contributed by atoms with van der Waals surface area (Å²) in [5.41, 5.74) is 3.94. The predicted molar refractivity (Wildman–Crippen MR) is 102 cm³/mol. The molecule has 5 heteroatoms. The lowest BCUT2D eigenvalue weighted by Gasteiger charge is -2.17. The second kappa shape index (κ2) is 8.52. The number of hydrogen-bond acceptors (Lipinski definition) is 4. The highest BCUT2D eigenvalue weighted by Gasteiger charge is 2.18. The van der Waals surface area contributed by atoms with E-state index in [2.05, 4.69) is 5.32 Å². The van der Waals surface area contributed by atoms with Gasteiger partial charge in [-0.25, -0.2) is 4.79 Å². The number of ether oxygens (including phenoxy) is 2. The van der Waals surface area contributed by atoms with Crippen molar-refractivity contribution >= 4 is 17.6 Å². The fourth-order valence-electron chi connectivity index (χ4n) is 2.48. The van der Waals surface area contributed by atoms with E-state index in [1.165, 1.54) is 5.56 Å². The van der Waals surface area contributed by atoms with E-state index in [1.807, 2.05) is 32.0 Å². The van der Waals surface area contributed by atoms with Crippen molar-refractivity contribution in [3.8, 4) is 5.75 Å². The number of hydrogen-bond donors (Lipinski definition) is 1. The Morgan fingerprint density at radius 1 is 1.08 bits per heavy atom. The van der Waals surface area contributed by atoms with Crippen LogP contribution in [0.1, 0.15) is 40.9 Å². The van der Waals surface area contributed by atoms with Crippen molar-refractivity contribution in [2.45, 2.75) is 40.7 Å². The average molecular weight is 355 g/mol. The van der Waals surface area contributed by atoms with Crippen molar-refractivity contribution in [1.29, 1.82) is 0 Å². The lowest BCUT2D eigenvalue weighted by atomic mass is 10.1. The van der Waals surface area contributed by atoms with Crippen molar-refractivity contribution in [2.75, 3.05) is 11.9 Å². The summed E-state index contributed by atoms with van der Waals surface area (Å²) in [6.07, 6.45) is -0.678. The van der Waals surface area contributed by atoms with Gasteiger partial charge in [-0.15, -0.1) is 0 Å². The molecule has 0 aliphatic rings. The first-order chi connectivity index (χ1) is 12.3. The number of esters is 1. The molecule has 138 valence electrons. The van der Waals surface area contributed by atoms with Crippen LogP contribution in [0.2, 0.25) is 0 Å². The van der Waals surface area contributed by atoms with Crippen LogP contribution in [0, 0.1) is 20.8 Å². The van der Waals surface area contributed by atoms with Gasteiger partial charge in [0.2, 0.25) is 0 Å². The van der Waals surface area contributed by atoms with Gasteiger partial charge in [0.25, 0.3) is 5.91 Å². The Hall–Kier alpha value is -2.82. The highest BCUT2D eigenvalue weighted by molar-refractivity contribution is 5.98. The van der Waals surface area contributed by atoms with E-state index in [1.54, 1.807) is 39.0 Å². The molecule has 0 aromatic heterocycles. The molecule has 2 rings (SSSR count). The third kappa shape index (κ3) is 4.63. The van der Waals surface area contributed by atoms with Gasteiger partial charge >= 0.3 is 5.97 Å². The molecule has 1 atom stereocenters. The fraction of sp³-hybridized carbons (Fsp3) is 0.333. The second-order valence-electron chi connectivity index (χ2n) is 6.19. The van der Waals surface area contributed by atoms with Crippen LogP contribution in [0.15, 0.2) is 36.4 Å². The molecular weight excluding hydrogens is 330 g/mol. The van der Waals surface area contributed by atoms with Crippen LogP contribution in [-0.2, 0) is 9.53 Å². The molecule has 0 unspecified atom stereocenters. The van der Waals surface area contributed by atoms with Gasteiger partial charge in [-0.05, 0) is 75.6 Å². The van der Waals surface area contributed by atoms with Crippen LogP contribution >= 0.6 is 0 Å². The lowest BCUT2D eigenvalue weighted by molar-refractivity contribution is -0.122. The third-order valence-corrected chi connectivity index (χ3v) is 4.25. The summed E-state index contributed by atoms with van der Waals surface area (Å²) in [6.45, 7) is 9.54. The van der Waals surface area contributed by atoms with E-state index >= 15 is 0 Å². The highest BCUT2D eigenvalue weighted by Crippen LogP contribution is 2.21. The van der Waals surface area contributed by atoms with E-state index in [0.717, 1.165) is 5.56 Å². The number of nitrogens with one attached hydrogen (secondary N) is 1. The number of aryl methyl sites for hydroxylation is 2. The first kappa shape index (κ1) is 19.5. The van der Waals surface area contributed by atoms with Crippen molar-refractivity contribution in [3.05, 3.63) is 58.7 Å². The molecule has 5 nitrogen and oxygen atoms in total. The first-order valence-corrected chi connectivity index (χ1v) is 8.65. The molecule has 2 aromatic rings. The minimum Gasteiger partial charge on any atom is -0.481 e. The van der Waals surface area contributed by atoms with Crippen molar-refractivity contribution in [1.82, 2.24) is 0 Å². The van der Waals surface area contributed by atoms with Crippen molar-refractivity contribution in [2.24, 2.45) is 0 Å². The molecule has 0 saturated carbocycles. The summed E-state index contributed by atoms with van der Waals surface area (Å²) in [5, 5.41) is 2.82. The van der Waals surface area contributed by atoms with Crippen LogP contribution in [0.5, 0.6) is 5.75 Å². The Balaban J connectivity index is 2.10. The van der Waals surface area contributed by atoms with Gasteiger partial charge in [-0.1, -0.05) is 12.1 Å². The largest absolute Gasteiger partial charge is 0.481 e. The van der Waals surface area contributed by atoms with E-state index in [0.29, 0.717) is 29.2 Å². The van der Waals surface area contributed by atoms with Gasteiger partial charge in [-0.2, -0.15) is 0 Å². The van der Waals surface area contributed by atoms with Crippen LogP contribution in [0.25, 0.3) is 0 Å². The molecule has 2 aromatic carbocycles. The summed E-state index contributed by atoms with van der Waals surface area (Å²) in [7, 11) is 0. The zero-order valence-electron chi connectivity index (χ0n) is 15.9. The molecule has 0 saturated heterocycles. The summed E-state index contributed by atoms with van der Waals surface area (Å²) >= 11 is 0. The normalized spacial score (nSPS) is 11.6. The Bertz CT molecular complexity index is 814. The van der Waals surface area contributed by atoms with Gasteiger partial charge in [0.1, 0.15) is 5.75 Å². The zero-order chi connectivity index (χ0) is 19.3. The van der Waals surface area contributed by atoms with Gasteiger partial charge < -0.3 is 14.8 Å². The molecule has 1 N–H and O–H groups in total. The van der Waals surface area contributed by atoms with E-state index in [4.69, 9.17) is 9.47 Å². The molecule has 0 radical (unpaired) electrons. The number of benzene rings is 2. The monoisotopic (exact) mass is 355 g/mol. The van der Waals surface area contributed by atoms with Crippen molar-refractivity contribution in [3.63, 3.8) is 0 Å². The van der Waals surface area contributed by atoms with Crippen LogP contribution in [0.3, 0.4) is 0 Å². The maximum absolute atomic E-state index is 12.5. The van der Waals surface area contributed by atoms with E-state index in [9.17, 15) is 9.59 Å². The van der Waals surface area contributed by atoms with Crippen LogP contribution in [-0.4, -0.2) is 24.6 Å². The number of amides is 1. The molecule has 0 fully saturated rings. The minimum atomic E-state index is -0.678. The molecule has 26 heavy (non-hydrogen) atoms. The molecule has 0 bridgehead atoms. The number of carbonyl (C=O) groups is 2. The summed E-state index contributed by atoms with van der Waals surface area (Å²) < 4.78 is 10.8. The van der Waals surface area contributed by atoms with Gasteiger partial charge in [0.05, 0.1) is 12.2 Å². The summed E-state index contributed by atoms with van der Waals surface area (Å²) in [5.74, 6) is -0.0411. The Morgan fingerprint density at radius 2 is 1.81 bits per heavy atom. The first-order valence-electron chi connectivity index (χ1n) is 8.65. The Labute approximate surface area is 154 Å². The van der Waals surface area contributed by atoms with E-state index < -0.39 is 12.1 Å². The average Bonchev–Trinajstić information content (AvgIpc) is 2.60. The zero-order valence-corrected chi connectivity index (χ0v) is 15.9. The molecule has 0 aliphatic carbocycles. The molecule has 0 aliphatic heterocycles. The Kier molecular flexibility index (Phi) is 6.39. The summed E-state index contributed by atoms with van der Waals surface area (Å²) in [4.78, 5) is 24.5. The fourth-order valence-corrected chi connectivity index (χ4v) is 2.48. The maximum Gasteiger partial charge on any atom is 0.338 e. The number of anilines is 1. The summed E-state index contributed by atoms with van der Waals surface area (Å²) in [6, 6.07) is 10.9. The predicted octanol–water partition coefficient (Wildman–Crippen LogP) is 4.19. The third-order valence-electron chi connectivity index (χ3n) is 4.25. The molecule has 1 amide bonds. The minimum absolute atomic E-state index is 0.285. The van der Waals surface area contributed by atoms with Gasteiger partial charge in [-0.3, -0.25) is 4.79 Å². The highest BCUT2D eigenvalue weighted by atomic mass is 16.5. The molecule has 0 heterocycles. The SMILES string of the molecule is CCOC(=O)c1cccc(NC(=O)[C@H](C)Oc2ccc(C)c(C)c2)c1C. The second-order valence-corrected chi connectivity index (χ2v) is 6.19. The lowest BCUT2D eigenvalue weighted by Crippen LogP contribution is -2.30. The van der Waals surface area contributed by atoms with Gasteiger partial charge in [0, 0.05) is 5.69 Å². The van der Waals surface area contributed by atoms with Gasteiger partial charge in [0.15, 0.2) is 6.10 Å². The molecular formula is C21H25NO4. The topological polar surface area (TPSA) is 64.6 Å². The Morgan fingerprint density at radius 3 is 2.46 bits per heavy atom.